The zero-order valence-electron chi connectivity index (χ0n) is 9.11. The van der Waals surface area contributed by atoms with Crippen molar-refractivity contribution in [3.05, 3.63) is 0 Å². The van der Waals surface area contributed by atoms with E-state index >= 15 is 0 Å². The Balaban J connectivity index is 1.91. The third kappa shape index (κ3) is 2.10. The molecule has 0 aromatic rings. The minimum absolute atomic E-state index is 0.409. The van der Waals surface area contributed by atoms with Gasteiger partial charge < -0.3 is 10.5 Å². The molecule has 0 aromatic heterocycles. The fourth-order valence-corrected chi connectivity index (χ4v) is 2.86. The lowest BCUT2D eigenvalue weighted by atomic mass is 9.95. The molecule has 2 saturated heterocycles. The Morgan fingerprint density at radius 1 is 1.50 bits per heavy atom. The van der Waals surface area contributed by atoms with Crippen molar-refractivity contribution < 1.29 is 4.74 Å². The van der Waals surface area contributed by atoms with Crippen LogP contribution in [0.25, 0.3) is 0 Å². The molecule has 3 heteroatoms. The minimum atomic E-state index is 0.409. The summed E-state index contributed by atoms with van der Waals surface area (Å²) < 4.78 is 5.47. The number of nitrogens with zero attached hydrogens (tertiary/aromatic N) is 1. The van der Waals surface area contributed by atoms with Gasteiger partial charge in [-0.1, -0.05) is 6.92 Å². The number of hydrogen-bond donors (Lipinski definition) is 1. The van der Waals surface area contributed by atoms with Gasteiger partial charge in [-0.25, -0.2) is 0 Å². The largest absolute Gasteiger partial charge is 0.381 e. The second-order valence-electron chi connectivity index (χ2n) is 4.64. The van der Waals surface area contributed by atoms with E-state index in [-0.39, 0.29) is 0 Å². The van der Waals surface area contributed by atoms with Gasteiger partial charge in [0.05, 0.1) is 6.61 Å². The molecule has 3 unspecified atom stereocenters. The molecule has 0 saturated carbocycles. The number of hydrogen-bond acceptors (Lipinski definition) is 3. The van der Waals surface area contributed by atoms with E-state index in [0.29, 0.717) is 12.1 Å². The van der Waals surface area contributed by atoms with Crippen LogP contribution < -0.4 is 5.73 Å². The van der Waals surface area contributed by atoms with Crippen molar-refractivity contribution in [2.45, 2.75) is 38.3 Å². The predicted octanol–water partition coefficient (Wildman–Crippen LogP) is 0.835. The zero-order valence-corrected chi connectivity index (χ0v) is 9.11. The molecule has 0 aliphatic carbocycles. The van der Waals surface area contributed by atoms with Gasteiger partial charge in [0.25, 0.3) is 0 Å². The Labute approximate surface area is 86.6 Å². The lowest BCUT2D eigenvalue weighted by Crippen LogP contribution is -2.40. The summed E-state index contributed by atoms with van der Waals surface area (Å²) in [4.78, 5) is 2.57. The van der Waals surface area contributed by atoms with Crippen LogP contribution in [0.15, 0.2) is 0 Å². The van der Waals surface area contributed by atoms with Crippen LogP contribution in [0.5, 0.6) is 0 Å². The standard InChI is InChI=1S/C11H22N2O/c1-2-11(9-4-6-14-8-9)13-5-3-10(12)7-13/h9-11H,2-8,12H2,1H3. The van der Waals surface area contributed by atoms with E-state index in [1.54, 1.807) is 0 Å². The molecule has 2 fully saturated rings. The zero-order chi connectivity index (χ0) is 9.97. The second kappa shape index (κ2) is 4.60. The van der Waals surface area contributed by atoms with Gasteiger partial charge in [-0.15, -0.1) is 0 Å². The highest BCUT2D eigenvalue weighted by Crippen LogP contribution is 2.25. The van der Waals surface area contributed by atoms with Crippen molar-refractivity contribution in [1.82, 2.24) is 4.90 Å². The molecular formula is C11H22N2O. The average Bonchev–Trinajstić information content (AvgIpc) is 2.79. The summed E-state index contributed by atoms with van der Waals surface area (Å²) in [7, 11) is 0. The van der Waals surface area contributed by atoms with Gasteiger partial charge in [-0.3, -0.25) is 4.90 Å². The summed E-state index contributed by atoms with van der Waals surface area (Å²) in [5.74, 6) is 0.755. The topological polar surface area (TPSA) is 38.5 Å². The molecule has 0 spiro atoms. The van der Waals surface area contributed by atoms with Gasteiger partial charge in [0.1, 0.15) is 0 Å². The smallest absolute Gasteiger partial charge is 0.0510 e. The molecule has 2 aliphatic rings. The van der Waals surface area contributed by atoms with Crippen LogP contribution in [0.3, 0.4) is 0 Å². The number of ether oxygens (including phenoxy) is 1. The number of nitrogens with two attached hydrogens (primary N) is 1. The summed E-state index contributed by atoms with van der Waals surface area (Å²) in [5, 5.41) is 0. The molecule has 0 amide bonds. The minimum Gasteiger partial charge on any atom is -0.381 e. The fourth-order valence-electron chi connectivity index (χ4n) is 2.86. The lowest BCUT2D eigenvalue weighted by molar-refractivity contribution is 0.132. The molecule has 0 bridgehead atoms. The van der Waals surface area contributed by atoms with Gasteiger partial charge in [-0.05, 0) is 25.2 Å². The molecule has 3 nitrogen and oxygen atoms in total. The van der Waals surface area contributed by atoms with Gasteiger partial charge in [0.15, 0.2) is 0 Å². The van der Waals surface area contributed by atoms with E-state index in [2.05, 4.69) is 11.8 Å². The molecule has 3 atom stereocenters. The monoisotopic (exact) mass is 198 g/mol. The quantitative estimate of drug-likeness (QED) is 0.730. The average molecular weight is 198 g/mol. The summed E-state index contributed by atoms with van der Waals surface area (Å²) >= 11 is 0. The predicted molar refractivity (Wildman–Crippen MR) is 57.2 cm³/mol. The molecule has 2 rings (SSSR count). The van der Waals surface area contributed by atoms with Crippen molar-refractivity contribution in [2.75, 3.05) is 26.3 Å². The fraction of sp³-hybridized carbons (Fsp3) is 1.00. The summed E-state index contributed by atoms with van der Waals surface area (Å²) in [6.07, 6.45) is 3.65. The maximum Gasteiger partial charge on any atom is 0.0510 e. The van der Waals surface area contributed by atoms with E-state index in [1.807, 2.05) is 0 Å². The molecule has 2 aliphatic heterocycles. The molecule has 0 aromatic carbocycles. The molecule has 2 heterocycles. The van der Waals surface area contributed by atoms with Crippen LogP contribution in [0.1, 0.15) is 26.2 Å². The van der Waals surface area contributed by atoms with Gasteiger partial charge in [0, 0.05) is 31.8 Å². The number of rotatable bonds is 3. The second-order valence-corrected chi connectivity index (χ2v) is 4.64. The normalized spacial score (nSPS) is 36.4. The highest BCUT2D eigenvalue weighted by Gasteiger charge is 2.32. The third-order valence-electron chi connectivity index (χ3n) is 3.65. The maximum atomic E-state index is 5.94. The van der Waals surface area contributed by atoms with E-state index in [1.165, 1.54) is 25.8 Å². The molecule has 2 N–H and O–H groups in total. The van der Waals surface area contributed by atoms with E-state index < -0.39 is 0 Å². The van der Waals surface area contributed by atoms with Crippen molar-refractivity contribution in [3.8, 4) is 0 Å². The summed E-state index contributed by atoms with van der Waals surface area (Å²) in [6, 6.07) is 1.12. The maximum absolute atomic E-state index is 5.94. The van der Waals surface area contributed by atoms with E-state index in [0.717, 1.165) is 25.7 Å². The Bertz CT molecular complexity index is 180. The van der Waals surface area contributed by atoms with Crippen molar-refractivity contribution >= 4 is 0 Å². The van der Waals surface area contributed by atoms with Crippen LogP contribution >= 0.6 is 0 Å². The van der Waals surface area contributed by atoms with Crippen molar-refractivity contribution in [2.24, 2.45) is 11.7 Å². The lowest BCUT2D eigenvalue weighted by Gasteiger charge is -2.30. The first kappa shape index (κ1) is 10.4. The molecular weight excluding hydrogens is 176 g/mol. The van der Waals surface area contributed by atoms with Crippen LogP contribution in [0, 0.1) is 5.92 Å². The van der Waals surface area contributed by atoms with Gasteiger partial charge in [0.2, 0.25) is 0 Å². The number of likely N-dealkylation sites (tertiary alicyclic amines) is 1. The molecule has 14 heavy (non-hydrogen) atoms. The van der Waals surface area contributed by atoms with E-state index in [9.17, 15) is 0 Å². The Morgan fingerprint density at radius 3 is 2.86 bits per heavy atom. The third-order valence-corrected chi connectivity index (χ3v) is 3.65. The van der Waals surface area contributed by atoms with E-state index in [4.69, 9.17) is 10.5 Å². The molecule has 82 valence electrons. The SMILES string of the molecule is CCC(C1CCOC1)N1CCC(N)C1. The highest BCUT2D eigenvalue weighted by atomic mass is 16.5. The first-order valence-corrected chi connectivity index (χ1v) is 5.88. The summed E-state index contributed by atoms with van der Waals surface area (Å²) in [6.45, 7) is 6.49. The Morgan fingerprint density at radius 2 is 2.36 bits per heavy atom. The first-order valence-electron chi connectivity index (χ1n) is 5.88. The highest BCUT2D eigenvalue weighted by molar-refractivity contribution is 4.87. The molecule has 0 radical (unpaired) electrons. The van der Waals surface area contributed by atoms with Crippen LogP contribution in [0.2, 0.25) is 0 Å². The van der Waals surface area contributed by atoms with Crippen LogP contribution in [0.4, 0.5) is 0 Å². The Kier molecular flexibility index (Phi) is 3.42. The van der Waals surface area contributed by atoms with Gasteiger partial charge >= 0.3 is 0 Å². The van der Waals surface area contributed by atoms with Crippen LogP contribution in [-0.4, -0.2) is 43.3 Å². The van der Waals surface area contributed by atoms with Crippen molar-refractivity contribution in [1.29, 1.82) is 0 Å². The summed E-state index contributed by atoms with van der Waals surface area (Å²) in [5.41, 5.74) is 5.94. The van der Waals surface area contributed by atoms with Gasteiger partial charge in [-0.2, -0.15) is 0 Å². The van der Waals surface area contributed by atoms with Crippen LogP contribution in [-0.2, 0) is 4.74 Å². The first-order chi connectivity index (χ1) is 6.81. The van der Waals surface area contributed by atoms with Crippen molar-refractivity contribution in [3.63, 3.8) is 0 Å². The Hall–Kier alpha value is -0.120.